The first-order valence-electron chi connectivity index (χ1n) is 8.02. The summed E-state index contributed by atoms with van der Waals surface area (Å²) in [6, 6.07) is 20.6. The van der Waals surface area contributed by atoms with Gasteiger partial charge in [0.1, 0.15) is 0 Å². The van der Waals surface area contributed by atoms with E-state index in [4.69, 9.17) is 9.05 Å². The molecule has 0 aromatic heterocycles. The van der Waals surface area contributed by atoms with Crippen molar-refractivity contribution in [3.05, 3.63) is 71.8 Å². The fourth-order valence-electron chi connectivity index (χ4n) is 2.34. The van der Waals surface area contributed by atoms with Crippen LogP contribution >= 0.6 is 8.25 Å². The minimum atomic E-state index is -2.39. The third-order valence-electron chi connectivity index (χ3n) is 3.51. The maximum atomic E-state index is 11.9. The molecule has 3 nitrogen and oxygen atoms in total. The van der Waals surface area contributed by atoms with Crippen molar-refractivity contribution in [3.8, 4) is 0 Å². The van der Waals surface area contributed by atoms with Crippen molar-refractivity contribution in [2.24, 2.45) is 0 Å². The maximum absolute atomic E-state index is 11.9. The quantitative estimate of drug-likeness (QED) is 0.396. The van der Waals surface area contributed by atoms with Gasteiger partial charge in [-0.1, -0.05) is 0 Å². The molecular formula is C18H25As2O3P. The third-order valence-corrected chi connectivity index (χ3v) is 6.11. The van der Waals surface area contributed by atoms with Crippen molar-refractivity contribution >= 4 is 42.0 Å². The molecule has 0 N–H and O–H groups in total. The van der Waals surface area contributed by atoms with E-state index in [0.717, 1.165) is 12.8 Å². The third kappa shape index (κ3) is 8.19. The Kier molecular flexibility index (Phi) is 9.47. The molecule has 0 spiro atoms. The Bertz CT molecular complexity index is 557. The molecule has 0 aliphatic carbocycles. The fraction of sp³-hybridized carbons (Fsp3) is 0.333. The van der Waals surface area contributed by atoms with E-state index in [-0.39, 0.29) is 0 Å². The second kappa shape index (κ2) is 11.3. The van der Waals surface area contributed by atoms with Crippen molar-refractivity contribution in [2.75, 3.05) is 13.2 Å². The molecule has 2 aromatic rings. The van der Waals surface area contributed by atoms with Gasteiger partial charge in [0.2, 0.25) is 0 Å². The predicted molar refractivity (Wildman–Crippen MR) is 106 cm³/mol. The zero-order chi connectivity index (χ0) is 17.2. The molecule has 0 aliphatic rings. The van der Waals surface area contributed by atoms with Crippen molar-refractivity contribution in [3.63, 3.8) is 0 Å². The summed E-state index contributed by atoms with van der Waals surface area (Å²) in [7, 11) is -2.39. The molecule has 0 fully saturated rings. The molecule has 6 heteroatoms. The molecule has 0 radical (unpaired) electrons. The molecule has 24 heavy (non-hydrogen) atoms. The van der Waals surface area contributed by atoms with Crippen LogP contribution in [0.25, 0.3) is 0 Å². The summed E-state index contributed by atoms with van der Waals surface area (Å²) in [4.78, 5) is 0. The van der Waals surface area contributed by atoms with Gasteiger partial charge in [0.15, 0.2) is 0 Å². The molecular weight excluding hydrogens is 445 g/mol. The monoisotopic (exact) mass is 470 g/mol. The first-order valence-corrected chi connectivity index (χ1v) is 12.0. The molecule has 4 unspecified atom stereocenters. The molecule has 0 amide bonds. The van der Waals surface area contributed by atoms with Crippen LogP contribution in [0.15, 0.2) is 60.7 Å². The van der Waals surface area contributed by atoms with E-state index in [9.17, 15) is 4.57 Å². The molecule has 0 aliphatic heterocycles. The van der Waals surface area contributed by atoms with Crippen molar-refractivity contribution in [1.82, 2.24) is 0 Å². The number of rotatable bonds is 10. The second-order valence-corrected chi connectivity index (χ2v) is 10.8. The summed E-state index contributed by atoms with van der Waals surface area (Å²) in [5, 5.41) is 0. The summed E-state index contributed by atoms with van der Waals surface area (Å²) in [6.07, 6.45) is 1.90. The zero-order valence-corrected chi connectivity index (χ0v) is 19.5. The van der Waals surface area contributed by atoms with Crippen LogP contribution < -0.4 is 0 Å². The van der Waals surface area contributed by atoms with E-state index >= 15 is 0 Å². The van der Waals surface area contributed by atoms with Crippen LogP contribution in [0.4, 0.5) is 0 Å². The summed E-state index contributed by atoms with van der Waals surface area (Å²) >= 11 is 3.22. The van der Waals surface area contributed by atoms with Gasteiger partial charge in [0.05, 0.1) is 0 Å². The van der Waals surface area contributed by atoms with E-state index in [0.29, 0.717) is 22.6 Å². The van der Waals surface area contributed by atoms with Crippen molar-refractivity contribution < 1.29 is 13.6 Å². The van der Waals surface area contributed by atoms with Crippen LogP contribution in [-0.4, -0.2) is 46.9 Å². The molecule has 0 bridgehead atoms. The zero-order valence-electron chi connectivity index (χ0n) is 13.6. The molecule has 2 rings (SSSR count). The topological polar surface area (TPSA) is 35.5 Å². The summed E-state index contributed by atoms with van der Waals surface area (Å²) in [5.74, 6) is 0. The van der Waals surface area contributed by atoms with Crippen molar-refractivity contribution in [2.45, 2.75) is 22.3 Å². The minimum absolute atomic E-state index is 0.378. The fourth-order valence-corrected chi connectivity index (χ4v) is 5.48. The summed E-state index contributed by atoms with van der Waals surface area (Å²) in [6.45, 7) is 0.982. The summed E-state index contributed by atoms with van der Waals surface area (Å²) in [5.41, 5.74) is 2.57. The molecule has 0 heterocycles. The summed E-state index contributed by atoms with van der Waals surface area (Å²) < 4.78 is 23.5. The average Bonchev–Trinajstić information content (AvgIpc) is 2.60. The SMILES string of the molecule is O=[PH](OCC([AsH2])Cc1ccccc1)OCC([AsH2])Cc1ccccc1. The van der Waals surface area contributed by atoms with E-state index in [1.54, 1.807) is 33.7 Å². The Labute approximate surface area is 162 Å². The normalized spacial score (nSPS) is 14.9. The van der Waals surface area contributed by atoms with Gasteiger partial charge in [-0.05, 0) is 0 Å². The van der Waals surface area contributed by atoms with Crippen LogP contribution in [0.1, 0.15) is 11.1 Å². The van der Waals surface area contributed by atoms with Gasteiger partial charge in [-0.25, -0.2) is 0 Å². The van der Waals surface area contributed by atoms with Gasteiger partial charge in [-0.15, -0.1) is 0 Å². The van der Waals surface area contributed by atoms with E-state index in [2.05, 4.69) is 24.3 Å². The number of hydrogen-bond donors (Lipinski definition) is 0. The molecule has 4 atom stereocenters. The Hall–Kier alpha value is -0.293. The van der Waals surface area contributed by atoms with E-state index < -0.39 is 8.25 Å². The van der Waals surface area contributed by atoms with Gasteiger partial charge < -0.3 is 0 Å². The molecule has 130 valence electrons. The molecule has 0 saturated carbocycles. The van der Waals surface area contributed by atoms with E-state index in [1.807, 2.05) is 36.4 Å². The first-order chi connectivity index (χ1) is 11.6. The van der Waals surface area contributed by atoms with Gasteiger partial charge >= 0.3 is 163 Å². The van der Waals surface area contributed by atoms with Gasteiger partial charge in [0.25, 0.3) is 0 Å². The van der Waals surface area contributed by atoms with Crippen LogP contribution in [0.3, 0.4) is 0 Å². The van der Waals surface area contributed by atoms with Gasteiger partial charge in [-0.3, -0.25) is 0 Å². The van der Waals surface area contributed by atoms with Crippen LogP contribution in [0, 0.1) is 0 Å². The van der Waals surface area contributed by atoms with Crippen LogP contribution in [-0.2, 0) is 26.5 Å². The Morgan fingerprint density at radius 2 is 1.12 bits per heavy atom. The number of hydrogen-bond acceptors (Lipinski definition) is 3. The Balaban J connectivity index is 1.62. The average molecular weight is 470 g/mol. The Morgan fingerprint density at radius 3 is 1.50 bits per heavy atom. The Morgan fingerprint density at radius 1 is 0.750 bits per heavy atom. The molecule has 2 aromatic carbocycles. The van der Waals surface area contributed by atoms with Crippen molar-refractivity contribution in [1.29, 1.82) is 0 Å². The predicted octanol–water partition coefficient (Wildman–Crippen LogP) is 2.74. The standard InChI is InChI=1S/C18H25As2O3P/c19-17(11-15-7-3-1-4-8-15)13-22-24(21)23-14-18(20)12-16-9-5-2-6-10-16/h1-10,17-18,24H,11-14,19-20H2. The van der Waals surface area contributed by atoms with Crippen LogP contribution in [0.2, 0.25) is 9.41 Å². The first kappa shape index (κ1) is 20.0. The van der Waals surface area contributed by atoms with Gasteiger partial charge in [-0.2, -0.15) is 0 Å². The number of benzene rings is 2. The second-order valence-electron chi connectivity index (χ2n) is 5.77. The van der Waals surface area contributed by atoms with Gasteiger partial charge in [0, 0.05) is 0 Å². The van der Waals surface area contributed by atoms with Crippen LogP contribution in [0.5, 0.6) is 0 Å². The molecule has 0 saturated heterocycles. The van der Waals surface area contributed by atoms with E-state index in [1.165, 1.54) is 11.1 Å².